The van der Waals surface area contributed by atoms with Gasteiger partial charge in [0.25, 0.3) is 0 Å². The van der Waals surface area contributed by atoms with Gasteiger partial charge in [0, 0.05) is 18.0 Å². The summed E-state index contributed by atoms with van der Waals surface area (Å²) < 4.78 is 39.6. The van der Waals surface area contributed by atoms with E-state index in [1.54, 1.807) is 6.92 Å². The van der Waals surface area contributed by atoms with Crippen LogP contribution in [0.3, 0.4) is 0 Å². The molecule has 1 aromatic rings. The van der Waals surface area contributed by atoms with Crippen LogP contribution >= 0.6 is 0 Å². The number of anilines is 1. The van der Waals surface area contributed by atoms with E-state index in [1.165, 1.54) is 12.3 Å². The van der Waals surface area contributed by atoms with Gasteiger partial charge >= 0.3 is 6.18 Å². The molecule has 1 aromatic heterocycles. The third-order valence-corrected chi connectivity index (χ3v) is 1.50. The van der Waals surface area contributed by atoms with E-state index in [9.17, 15) is 13.2 Å². The summed E-state index contributed by atoms with van der Waals surface area (Å²) in [7, 11) is 0. The Morgan fingerprint density at radius 1 is 1.50 bits per heavy atom. The summed E-state index contributed by atoms with van der Waals surface area (Å²) in [6.07, 6.45) is -3.00. The van der Waals surface area contributed by atoms with Crippen LogP contribution in [0.5, 0.6) is 5.88 Å². The number of pyridine rings is 1. The largest absolute Gasteiger partial charge is 0.468 e. The van der Waals surface area contributed by atoms with E-state index >= 15 is 0 Å². The van der Waals surface area contributed by atoms with E-state index in [1.807, 2.05) is 0 Å². The standard InChI is InChI=1S/C8H9F3N2O/c1-5-3-13-7(2-6(5)12)14-4-8(9,10)11/h2-3H,4H2,1H3,(H2,12,13). The molecule has 0 atom stereocenters. The molecule has 1 heterocycles. The molecule has 0 saturated heterocycles. The van der Waals surface area contributed by atoms with Gasteiger partial charge in [-0.3, -0.25) is 0 Å². The molecule has 3 nitrogen and oxygen atoms in total. The lowest BCUT2D eigenvalue weighted by molar-refractivity contribution is -0.154. The summed E-state index contributed by atoms with van der Waals surface area (Å²) >= 11 is 0. The number of aromatic nitrogens is 1. The maximum absolute atomic E-state index is 11.7. The Balaban J connectivity index is 2.65. The van der Waals surface area contributed by atoms with Gasteiger partial charge in [-0.2, -0.15) is 13.2 Å². The number of nitrogen functional groups attached to an aromatic ring is 1. The third-order valence-electron chi connectivity index (χ3n) is 1.50. The molecule has 1 rings (SSSR count). The predicted octanol–water partition coefficient (Wildman–Crippen LogP) is 1.91. The molecule has 0 unspecified atom stereocenters. The van der Waals surface area contributed by atoms with E-state index in [-0.39, 0.29) is 5.88 Å². The summed E-state index contributed by atoms with van der Waals surface area (Å²) in [5.74, 6) is -0.120. The van der Waals surface area contributed by atoms with Crippen LogP contribution in [0.4, 0.5) is 18.9 Å². The van der Waals surface area contributed by atoms with Crippen LogP contribution in [0.25, 0.3) is 0 Å². The highest BCUT2D eigenvalue weighted by Crippen LogP contribution is 2.19. The van der Waals surface area contributed by atoms with Crippen LogP contribution in [0.1, 0.15) is 5.56 Å². The summed E-state index contributed by atoms with van der Waals surface area (Å²) in [5.41, 5.74) is 6.52. The fraction of sp³-hybridized carbons (Fsp3) is 0.375. The second kappa shape index (κ2) is 3.73. The van der Waals surface area contributed by atoms with Gasteiger partial charge in [-0.25, -0.2) is 4.98 Å². The Labute approximate surface area is 78.7 Å². The average Bonchev–Trinajstić information content (AvgIpc) is 2.06. The molecule has 0 fully saturated rings. The molecule has 2 N–H and O–H groups in total. The normalized spacial score (nSPS) is 11.4. The van der Waals surface area contributed by atoms with E-state index in [0.717, 1.165) is 0 Å². The third kappa shape index (κ3) is 3.12. The minimum absolute atomic E-state index is 0.120. The molecule has 0 aliphatic rings. The molecule has 0 aliphatic carbocycles. The van der Waals surface area contributed by atoms with Crippen molar-refractivity contribution in [2.75, 3.05) is 12.3 Å². The minimum Gasteiger partial charge on any atom is -0.468 e. The van der Waals surface area contributed by atoms with E-state index in [4.69, 9.17) is 5.73 Å². The minimum atomic E-state index is -4.36. The lowest BCUT2D eigenvalue weighted by atomic mass is 10.3. The summed E-state index contributed by atoms with van der Waals surface area (Å²) in [6, 6.07) is 1.26. The summed E-state index contributed by atoms with van der Waals surface area (Å²) in [6.45, 7) is 0.346. The Morgan fingerprint density at radius 3 is 2.64 bits per heavy atom. The van der Waals surface area contributed by atoms with Crippen molar-refractivity contribution in [1.29, 1.82) is 0 Å². The van der Waals surface area contributed by atoms with Gasteiger partial charge in [-0.05, 0) is 12.5 Å². The Morgan fingerprint density at radius 2 is 2.14 bits per heavy atom. The van der Waals surface area contributed by atoms with Crippen molar-refractivity contribution in [1.82, 2.24) is 4.98 Å². The highest BCUT2D eigenvalue weighted by atomic mass is 19.4. The smallest absolute Gasteiger partial charge is 0.422 e. The maximum atomic E-state index is 11.7. The fourth-order valence-corrected chi connectivity index (χ4v) is 0.754. The summed E-state index contributed by atoms with van der Waals surface area (Å²) in [5, 5.41) is 0. The topological polar surface area (TPSA) is 48.1 Å². The fourth-order valence-electron chi connectivity index (χ4n) is 0.754. The zero-order valence-electron chi connectivity index (χ0n) is 7.43. The average molecular weight is 206 g/mol. The van der Waals surface area contributed by atoms with Crippen molar-refractivity contribution in [3.63, 3.8) is 0 Å². The van der Waals surface area contributed by atoms with Crippen LogP contribution in [0, 0.1) is 6.92 Å². The molecular formula is C8H9F3N2O. The first kappa shape index (κ1) is 10.6. The van der Waals surface area contributed by atoms with Gasteiger partial charge < -0.3 is 10.5 Å². The van der Waals surface area contributed by atoms with Gasteiger partial charge in [0.15, 0.2) is 6.61 Å². The molecule has 0 amide bonds. The van der Waals surface area contributed by atoms with Gasteiger partial charge in [0.1, 0.15) is 0 Å². The first-order valence-electron chi connectivity index (χ1n) is 3.80. The Kier molecular flexibility index (Phi) is 2.83. The van der Waals surface area contributed by atoms with Crippen LogP contribution in [-0.2, 0) is 0 Å². The maximum Gasteiger partial charge on any atom is 0.422 e. The van der Waals surface area contributed by atoms with Crippen molar-refractivity contribution in [2.24, 2.45) is 0 Å². The molecule has 0 spiro atoms. The second-order valence-electron chi connectivity index (χ2n) is 2.78. The Bertz CT molecular complexity index is 325. The van der Waals surface area contributed by atoms with Crippen molar-refractivity contribution < 1.29 is 17.9 Å². The van der Waals surface area contributed by atoms with Gasteiger partial charge in [0.05, 0.1) is 0 Å². The molecule has 6 heteroatoms. The highest BCUT2D eigenvalue weighted by Gasteiger charge is 2.28. The molecule has 0 aromatic carbocycles. The predicted molar refractivity (Wildman–Crippen MR) is 44.9 cm³/mol. The summed E-state index contributed by atoms with van der Waals surface area (Å²) in [4.78, 5) is 3.64. The van der Waals surface area contributed by atoms with E-state index in [0.29, 0.717) is 11.3 Å². The van der Waals surface area contributed by atoms with Crippen LogP contribution < -0.4 is 10.5 Å². The van der Waals surface area contributed by atoms with E-state index < -0.39 is 12.8 Å². The lowest BCUT2D eigenvalue weighted by Crippen LogP contribution is -2.19. The zero-order valence-corrected chi connectivity index (χ0v) is 7.43. The number of alkyl halides is 3. The molecule has 0 bridgehead atoms. The van der Waals surface area contributed by atoms with Crippen LogP contribution in [0.2, 0.25) is 0 Å². The number of hydrogen-bond donors (Lipinski definition) is 1. The molecule has 0 saturated carbocycles. The number of aryl methyl sites for hydroxylation is 1. The van der Waals surface area contributed by atoms with Gasteiger partial charge in [-0.1, -0.05) is 0 Å². The molecule has 0 aliphatic heterocycles. The molecule has 14 heavy (non-hydrogen) atoms. The number of nitrogens with zero attached hydrogens (tertiary/aromatic N) is 1. The highest BCUT2D eigenvalue weighted by molar-refractivity contribution is 5.47. The van der Waals surface area contributed by atoms with E-state index in [2.05, 4.69) is 9.72 Å². The monoisotopic (exact) mass is 206 g/mol. The van der Waals surface area contributed by atoms with Crippen LogP contribution in [0.15, 0.2) is 12.3 Å². The number of hydrogen-bond acceptors (Lipinski definition) is 3. The van der Waals surface area contributed by atoms with Crippen LogP contribution in [-0.4, -0.2) is 17.8 Å². The first-order valence-corrected chi connectivity index (χ1v) is 3.80. The number of nitrogens with two attached hydrogens (primary N) is 1. The number of halogens is 3. The van der Waals surface area contributed by atoms with Crippen molar-refractivity contribution >= 4 is 5.69 Å². The second-order valence-corrected chi connectivity index (χ2v) is 2.78. The first-order chi connectivity index (χ1) is 6.38. The van der Waals surface area contributed by atoms with Crippen molar-refractivity contribution in [3.8, 4) is 5.88 Å². The lowest BCUT2D eigenvalue weighted by Gasteiger charge is -2.08. The van der Waals surface area contributed by atoms with Gasteiger partial charge in [0.2, 0.25) is 5.88 Å². The Hall–Kier alpha value is -1.46. The van der Waals surface area contributed by atoms with Crippen molar-refractivity contribution in [3.05, 3.63) is 17.8 Å². The molecule has 0 radical (unpaired) electrons. The van der Waals surface area contributed by atoms with Crippen molar-refractivity contribution in [2.45, 2.75) is 13.1 Å². The zero-order chi connectivity index (χ0) is 10.8. The van der Waals surface area contributed by atoms with Gasteiger partial charge in [-0.15, -0.1) is 0 Å². The number of ether oxygens (including phenoxy) is 1. The molecule has 78 valence electrons. The number of rotatable bonds is 2. The quantitative estimate of drug-likeness (QED) is 0.804. The SMILES string of the molecule is Cc1cnc(OCC(F)(F)F)cc1N. The molecular weight excluding hydrogens is 197 g/mol.